The quantitative estimate of drug-likeness (QED) is 0.577. The average Bonchev–Trinajstić information content (AvgIpc) is 2.59. The van der Waals surface area contributed by atoms with E-state index in [0.717, 1.165) is 6.07 Å². The van der Waals surface area contributed by atoms with E-state index < -0.39 is 23.5 Å². The van der Waals surface area contributed by atoms with Crippen LogP contribution in [-0.4, -0.2) is 17.6 Å². The summed E-state index contributed by atoms with van der Waals surface area (Å²) in [6.07, 6.45) is 0.870. The lowest BCUT2D eigenvalue weighted by Gasteiger charge is -2.23. The van der Waals surface area contributed by atoms with Gasteiger partial charge in [0.1, 0.15) is 17.4 Å². The molecule has 148 valence electrons. The Labute approximate surface area is 165 Å². The fourth-order valence-electron chi connectivity index (χ4n) is 3.08. The van der Waals surface area contributed by atoms with Crippen LogP contribution >= 0.6 is 11.6 Å². The molecule has 1 N–H and O–H groups in total. The number of rotatable bonds is 8. The lowest BCUT2D eigenvalue weighted by molar-refractivity contribution is -0.117. The normalized spacial score (nSPS) is 13.3. The van der Waals surface area contributed by atoms with Crippen molar-refractivity contribution in [3.8, 4) is 0 Å². The summed E-state index contributed by atoms with van der Waals surface area (Å²) in [6.45, 7) is 5.22. The van der Waals surface area contributed by atoms with E-state index in [2.05, 4.69) is 5.32 Å². The molecule has 27 heavy (non-hydrogen) atoms. The van der Waals surface area contributed by atoms with Gasteiger partial charge in [-0.3, -0.25) is 9.59 Å². The molecule has 0 aliphatic heterocycles. The van der Waals surface area contributed by atoms with Crippen molar-refractivity contribution in [3.05, 3.63) is 69.7 Å². The molecule has 3 nitrogen and oxygen atoms in total. The van der Waals surface area contributed by atoms with Gasteiger partial charge in [0.05, 0.1) is 10.6 Å². The van der Waals surface area contributed by atoms with Crippen LogP contribution in [0.25, 0.3) is 0 Å². The molecule has 2 rings (SSSR count). The Balaban J connectivity index is 0.00000392. The summed E-state index contributed by atoms with van der Waals surface area (Å²) in [7, 11) is 0. The van der Waals surface area contributed by atoms with Crippen LogP contribution in [0.4, 0.5) is 8.78 Å². The number of benzene rings is 2. The zero-order valence-corrected chi connectivity index (χ0v) is 16.2. The van der Waals surface area contributed by atoms with Crippen LogP contribution in [0.1, 0.15) is 64.0 Å². The van der Waals surface area contributed by atoms with E-state index in [0.29, 0.717) is 12.8 Å². The Morgan fingerprint density at radius 1 is 1.22 bits per heavy atom. The largest absolute Gasteiger partial charge is 0.307 e. The first kappa shape index (κ1) is 21.2. The van der Waals surface area contributed by atoms with Crippen molar-refractivity contribution in [2.45, 2.75) is 45.7 Å². The van der Waals surface area contributed by atoms with E-state index in [9.17, 15) is 14.0 Å². The number of hydrogen-bond donors (Lipinski definition) is 1. The predicted molar refractivity (Wildman–Crippen MR) is 106 cm³/mol. The summed E-state index contributed by atoms with van der Waals surface area (Å²) in [5.41, 5.74) is 0.0372. The molecule has 0 radical (unpaired) electrons. The zero-order valence-electron chi connectivity index (χ0n) is 15.5. The van der Waals surface area contributed by atoms with Crippen molar-refractivity contribution in [2.24, 2.45) is 0 Å². The number of hydrogen-bond acceptors (Lipinski definition) is 3. The van der Waals surface area contributed by atoms with E-state index in [1.165, 1.54) is 37.3 Å². The first-order chi connectivity index (χ1) is 12.7. The van der Waals surface area contributed by atoms with E-state index in [1.54, 1.807) is 0 Å². The van der Waals surface area contributed by atoms with Crippen molar-refractivity contribution in [1.82, 2.24) is 5.32 Å². The van der Waals surface area contributed by atoms with Gasteiger partial charge in [0, 0.05) is 32.5 Å². The summed E-state index contributed by atoms with van der Waals surface area (Å²) < 4.78 is 28.7. The molecule has 0 aliphatic carbocycles. The van der Waals surface area contributed by atoms with Crippen LogP contribution in [0.3, 0.4) is 0 Å². The molecule has 0 bridgehead atoms. The highest BCUT2D eigenvalue weighted by Crippen LogP contribution is 2.30. The highest BCUT2D eigenvalue weighted by atomic mass is 35.5. The second-order valence-electron chi connectivity index (χ2n) is 6.60. The fourth-order valence-corrected chi connectivity index (χ4v) is 3.31. The maximum absolute atomic E-state index is 15.2. The lowest BCUT2D eigenvalue weighted by atomic mass is 9.95. The highest BCUT2D eigenvalue weighted by molar-refractivity contribution is 6.35. The third-order valence-corrected chi connectivity index (χ3v) is 4.61. The number of Topliss-reactive ketones (excluding diaryl/α,β-unsaturated/α-hetero) is 1. The summed E-state index contributed by atoms with van der Waals surface area (Å²) in [6, 6.07) is 7.51. The van der Waals surface area contributed by atoms with Crippen molar-refractivity contribution in [2.75, 3.05) is 0 Å². The molecule has 0 aliphatic rings. The molecule has 0 fully saturated rings. The van der Waals surface area contributed by atoms with Crippen LogP contribution in [0.15, 0.2) is 36.4 Å². The molecule has 2 aromatic rings. The Kier molecular flexibility index (Phi) is 7.22. The third kappa shape index (κ3) is 5.21. The van der Waals surface area contributed by atoms with Gasteiger partial charge in [-0.05, 0) is 38.5 Å². The number of carbonyl (C=O) groups is 2. The van der Waals surface area contributed by atoms with Crippen molar-refractivity contribution >= 4 is 23.2 Å². The molecular weight excluding hydrogens is 372 g/mol. The van der Waals surface area contributed by atoms with E-state index in [-0.39, 0.29) is 36.4 Å². The van der Waals surface area contributed by atoms with Gasteiger partial charge in [-0.25, -0.2) is 8.78 Å². The fraction of sp³-hybridized carbons (Fsp3) is 0.333. The predicted octanol–water partition coefficient (Wildman–Crippen LogP) is 5.75. The van der Waals surface area contributed by atoms with Crippen molar-refractivity contribution in [1.29, 1.82) is 0 Å². The molecule has 0 amide bonds. The minimum atomic E-state index is -0.730. The molecular formula is C21H26ClF2NO2. The summed E-state index contributed by atoms with van der Waals surface area (Å²) in [5, 5.41) is 3.18. The van der Waals surface area contributed by atoms with Crippen LogP contribution < -0.4 is 5.32 Å². The average molecular weight is 398 g/mol. The second-order valence-corrected chi connectivity index (χ2v) is 7.01. The van der Waals surface area contributed by atoms with E-state index >= 15 is 4.39 Å². The van der Waals surface area contributed by atoms with Crippen LogP contribution in [0.5, 0.6) is 0 Å². The number of nitrogens with one attached hydrogen (secondary N) is 1. The van der Waals surface area contributed by atoms with Gasteiger partial charge in [-0.1, -0.05) is 36.7 Å². The van der Waals surface area contributed by atoms with E-state index in [1.807, 2.05) is 13.8 Å². The molecule has 0 aromatic heterocycles. The highest BCUT2D eigenvalue weighted by Gasteiger charge is 2.25. The smallest absolute Gasteiger partial charge is 0.197 e. The summed E-state index contributed by atoms with van der Waals surface area (Å²) in [5.74, 6) is -1.96. The lowest BCUT2D eigenvalue weighted by Crippen LogP contribution is -2.32. The van der Waals surface area contributed by atoms with Crippen molar-refractivity contribution in [3.63, 3.8) is 0 Å². The first-order valence-corrected chi connectivity index (χ1v) is 9.16. The standard InChI is InChI=1S/C21H22ClF2NO2.2H2/c1-4-18(25-12(2)10-13(3)26)16-8-9-17(22)19(20(16)24)21(27)14-6-5-7-15(23)11-14;;/h5-9,11-12,18,25H,4,10H2,1-3H3;2*1H/t12-,18+;;/m0../s1. The van der Waals surface area contributed by atoms with Gasteiger partial charge in [0.15, 0.2) is 5.78 Å². The Hall–Kier alpha value is -2.11. The molecule has 0 spiro atoms. The number of carbonyl (C=O) groups excluding carboxylic acids is 2. The Morgan fingerprint density at radius 3 is 2.52 bits per heavy atom. The van der Waals surface area contributed by atoms with Gasteiger partial charge in [0.25, 0.3) is 0 Å². The topological polar surface area (TPSA) is 46.2 Å². The Bertz CT molecular complexity index is 865. The van der Waals surface area contributed by atoms with Crippen LogP contribution in [0, 0.1) is 11.6 Å². The minimum absolute atomic E-state index is 0. The molecule has 0 heterocycles. The molecule has 0 saturated heterocycles. The van der Waals surface area contributed by atoms with Gasteiger partial charge in [0.2, 0.25) is 0 Å². The Morgan fingerprint density at radius 2 is 1.93 bits per heavy atom. The SMILES string of the molecule is CC[C@@H](N[C@@H](C)CC(C)=O)c1ccc(Cl)c(C(=O)c2cccc(F)c2)c1F.[HH].[HH]. The minimum Gasteiger partial charge on any atom is -0.307 e. The van der Waals surface area contributed by atoms with Gasteiger partial charge in [-0.2, -0.15) is 0 Å². The van der Waals surface area contributed by atoms with Crippen LogP contribution in [0.2, 0.25) is 5.02 Å². The maximum atomic E-state index is 15.2. The monoisotopic (exact) mass is 397 g/mol. The summed E-state index contributed by atoms with van der Waals surface area (Å²) in [4.78, 5) is 24.0. The molecule has 2 aromatic carbocycles. The molecule has 6 heteroatoms. The number of halogens is 3. The third-order valence-electron chi connectivity index (χ3n) is 4.30. The zero-order chi connectivity index (χ0) is 20.1. The van der Waals surface area contributed by atoms with E-state index in [4.69, 9.17) is 11.6 Å². The molecule has 0 unspecified atom stereocenters. The maximum Gasteiger partial charge on any atom is 0.197 e. The van der Waals surface area contributed by atoms with Gasteiger partial charge in [-0.15, -0.1) is 0 Å². The van der Waals surface area contributed by atoms with Crippen molar-refractivity contribution < 1.29 is 21.2 Å². The first-order valence-electron chi connectivity index (χ1n) is 8.78. The summed E-state index contributed by atoms with van der Waals surface area (Å²) >= 11 is 6.09. The van der Waals surface area contributed by atoms with Gasteiger partial charge >= 0.3 is 0 Å². The number of ketones is 2. The molecule has 0 saturated carbocycles. The van der Waals surface area contributed by atoms with Gasteiger partial charge < -0.3 is 5.32 Å². The molecule has 2 atom stereocenters. The second kappa shape index (κ2) is 9.20. The van der Waals surface area contributed by atoms with Crippen LogP contribution in [-0.2, 0) is 4.79 Å².